The van der Waals surface area contributed by atoms with Crippen LogP contribution >= 0.6 is 23.2 Å². The number of benzene rings is 2. The molecule has 7 heteroatoms. The molecule has 3 rings (SSSR count). The molecule has 0 spiro atoms. The van der Waals surface area contributed by atoms with Crippen molar-refractivity contribution in [3.63, 3.8) is 0 Å². The SMILES string of the molecule is COc1ccc(CC(NC(=O)c2nc(Cl)ccc2Cl)c2ccc(OC)cc2)cc1. The fraction of sp³-hybridized carbons (Fsp3) is 0.182. The Morgan fingerprint density at radius 1 is 0.931 bits per heavy atom. The maximum absolute atomic E-state index is 12.9. The van der Waals surface area contributed by atoms with Gasteiger partial charge in [-0.15, -0.1) is 0 Å². The van der Waals surface area contributed by atoms with Crippen molar-refractivity contribution in [2.24, 2.45) is 0 Å². The van der Waals surface area contributed by atoms with Crippen LogP contribution in [0.5, 0.6) is 11.5 Å². The number of carbonyl (C=O) groups is 1. The summed E-state index contributed by atoms with van der Waals surface area (Å²) in [6.45, 7) is 0. The van der Waals surface area contributed by atoms with Crippen LogP contribution in [-0.2, 0) is 6.42 Å². The third-order valence-corrected chi connectivity index (χ3v) is 4.96. The summed E-state index contributed by atoms with van der Waals surface area (Å²) in [5.74, 6) is 1.11. The number of nitrogens with zero attached hydrogens (tertiary/aromatic N) is 1. The van der Waals surface area contributed by atoms with Crippen LogP contribution in [0.3, 0.4) is 0 Å². The van der Waals surface area contributed by atoms with Crippen molar-refractivity contribution >= 4 is 29.1 Å². The van der Waals surface area contributed by atoms with Gasteiger partial charge in [0.25, 0.3) is 5.91 Å². The van der Waals surface area contributed by atoms with Crippen molar-refractivity contribution in [3.05, 3.63) is 87.7 Å². The van der Waals surface area contributed by atoms with Crippen molar-refractivity contribution in [2.45, 2.75) is 12.5 Å². The fourth-order valence-electron chi connectivity index (χ4n) is 2.89. The molecule has 0 saturated carbocycles. The Balaban J connectivity index is 1.88. The lowest BCUT2D eigenvalue weighted by atomic mass is 9.98. The molecular formula is C22H20Cl2N2O3. The number of halogens is 2. The summed E-state index contributed by atoms with van der Waals surface area (Å²) < 4.78 is 10.4. The second kappa shape index (κ2) is 9.63. The van der Waals surface area contributed by atoms with Crippen molar-refractivity contribution in [1.29, 1.82) is 0 Å². The molecule has 1 unspecified atom stereocenters. The largest absolute Gasteiger partial charge is 0.497 e. The fourth-order valence-corrected chi connectivity index (χ4v) is 3.23. The second-order valence-corrected chi connectivity index (χ2v) is 7.11. The van der Waals surface area contributed by atoms with Crippen molar-refractivity contribution < 1.29 is 14.3 Å². The smallest absolute Gasteiger partial charge is 0.271 e. The summed E-state index contributed by atoms with van der Waals surface area (Å²) in [5.41, 5.74) is 2.05. The van der Waals surface area contributed by atoms with Gasteiger partial charge in [-0.1, -0.05) is 47.5 Å². The van der Waals surface area contributed by atoms with Crippen LogP contribution in [-0.4, -0.2) is 25.1 Å². The summed E-state index contributed by atoms with van der Waals surface area (Å²) in [6.07, 6.45) is 0.570. The van der Waals surface area contributed by atoms with Gasteiger partial charge in [0.2, 0.25) is 0 Å². The number of aromatic nitrogens is 1. The molecule has 150 valence electrons. The van der Waals surface area contributed by atoms with Crippen molar-refractivity contribution in [3.8, 4) is 11.5 Å². The molecule has 0 aliphatic heterocycles. The lowest BCUT2D eigenvalue weighted by Crippen LogP contribution is -2.31. The third-order valence-electron chi connectivity index (χ3n) is 4.45. The lowest BCUT2D eigenvalue weighted by molar-refractivity contribution is 0.0931. The molecule has 3 aromatic rings. The van der Waals surface area contributed by atoms with Crippen LogP contribution < -0.4 is 14.8 Å². The maximum Gasteiger partial charge on any atom is 0.271 e. The van der Waals surface area contributed by atoms with Gasteiger partial charge in [0.05, 0.1) is 25.3 Å². The molecule has 29 heavy (non-hydrogen) atoms. The maximum atomic E-state index is 12.9. The number of pyridine rings is 1. The van der Waals surface area contributed by atoms with E-state index in [0.717, 1.165) is 22.6 Å². The van der Waals surface area contributed by atoms with Gasteiger partial charge < -0.3 is 14.8 Å². The number of hydrogen-bond acceptors (Lipinski definition) is 4. The predicted octanol–water partition coefficient (Wildman–Crippen LogP) is 5.12. The average Bonchev–Trinajstić information content (AvgIpc) is 2.75. The quantitative estimate of drug-likeness (QED) is 0.528. The van der Waals surface area contributed by atoms with Gasteiger partial charge in [-0.2, -0.15) is 0 Å². The van der Waals surface area contributed by atoms with Gasteiger partial charge in [0, 0.05) is 0 Å². The summed E-state index contributed by atoms with van der Waals surface area (Å²) in [6, 6.07) is 18.0. The molecule has 1 amide bonds. The standard InChI is InChI=1S/C22H20Cl2N2O3/c1-28-16-7-3-14(4-8-16)13-19(15-5-9-17(29-2)10-6-15)25-22(27)21-18(23)11-12-20(24)26-21/h3-12,19H,13H2,1-2H3,(H,25,27). The Bertz CT molecular complexity index is 976. The molecule has 5 nitrogen and oxygen atoms in total. The Morgan fingerprint density at radius 2 is 1.52 bits per heavy atom. The highest BCUT2D eigenvalue weighted by atomic mass is 35.5. The second-order valence-electron chi connectivity index (χ2n) is 6.32. The third kappa shape index (κ3) is 5.40. The number of rotatable bonds is 7. The number of carbonyl (C=O) groups excluding carboxylic acids is 1. The van der Waals surface area contributed by atoms with E-state index in [1.165, 1.54) is 0 Å². The van der Waals surface area contributed by atoms with Crippen LogP contribution in [0.15, 0.2) is 60.7 Å². The average molecular weight is 431 g/mol. The molecular weight excluding hydrogens is 411 g/mol. The van der Waals surface area contributed by atoms with E-state index >= 15 is 0 Å². The Hall–Kier alpha value is -2.76. The molecule has 1 heterocycles. The van der Waals surface area contributed by atoms with Crippen LogP contribution in [0, 0.1) is 0 Å². The Kier molecular flexibility index (Phi) is 6.96. The molecule has 1 atom stereocenters. The van der Waals surface area contributed by atoms with E-state index < -0.39 is 5.91 Å². The van der Waals surface area contributed by atoms with Crippen molar-refractivity contribution in [1.82, 2.24) is 10.3 Å². The van der Waals surface area contributed by atoms with Gasteiger partial charge in [-0.05, 0) is 53.9 Å². The zero-order valence-corrected chi connectivity index (χ0v) is 17.5. The predicted molar refractivity (Wildman–Crippen MR) is 114 cm³/mol. The highest BCUT2D eigenvalue weighted by Crippen LogP contribution is 2.24. The Labute approximate surface area is 179 Å². The van der Waals surface area contributed by atoms with Crippen molar-refractivity contribution in [2.75, 3.05) is 14.2 Å². The number of nitrogens with one attached hydrogen (secondary N) is 1. The molecule has 1 aromatic heterocycles. The zero-order chi connectivity index (χ0) is 20.8. The monoisotopic (exact) mass is 430 g/mol. The number of hydrogen-bond donors (Lipinski definition) is 1. The lowest BCUT2D eigenvalue weighted by Gasteiger charge is -2.20. The minimum Gasteiger partial charge on any atom is -0.497 e. The topological polar surface area (TPSA) is 60.5 Å². The van der Waals surface area contributed by atoms with Gasteiger partial charge in [-0.25, -0.2) is 4.98 Å². The number of ether oxygens (including phenoxy) is 2. The summed E-state index contributed by atoms with van der Waals surface area (Å²) in [5, 5.41) is 3.46. The van der Waals surface area contributed by atoms with E-state index in [1.807, 2.05) is 48.5 Å². The highest BCUT2D eigenvalue weighted by Gasteiger charge is 2.20. The van der Waals surface area contributed by atoms with Gasteiger partial charge in [-0.3, -0.25) is 4.79 Å². The molecule has 0 radical (unpaired) electrons. The van der Waals surface area contributed by atoms with E-state index in [-0.39, 0.29) is 21.9 Å². The number of methoxy groups -OCH3 is 2. The van der Waals surface area contributed by atoms with E-state index in [4.69, 9.17) is 32.7 Å². The molecule has 0 fully saturated rings. The van der Waals surface area contributed by atoms with E-state index in [2.05, 4.69) is 10.3 Å². The number of amides is 1. The van der Waals surface area contributed by atoms with Crippen LogP contribution in [0.4, 0.5) is 0 Å². The van der Waals surface area contributed by atoms with Crippen LogP contribution in [0.1, 0.15) is 27.7 Å². The minimum absolute atomic E-state index is 0.0902. The molecule has 0 aliphatic carbocycles. The van der Waals surface area contributed by atoms with Crippen LogP contribution in [0.2, 0.25) is 10.2 Å². The summed E-state index contributed by atoms with van der Waals surface area (Å²) >= 11 is 12.1. The first kappa shape index (κ1) is 21.0. The minimum atomic E-state index is -0.396. The van der Waals surface area contributed by atoms with E-state index in [0.29, 0.717) is 6.42 Å². The normalized spacial score (nSPS) is 11.6. The van der Waals surface area contributed by atoms with Gasteiger partial charge >= 0.3 is 0 Å². The molecule has 0 saturated heterocycles. The van der Waals surface area contributed by atoms with Gasteiger partial charge in [0.1, 0.15) is 22.3 Å². The summed E-state index contributed by atoms with van der Waals surface area (Å²) in [7, 11) is 3.23. The molecule has 0 aliphatic rings. The molecule has 0 bridgehead atoms. The zero-order valence-electron chi connectivity index (χ0n) is 16.0. The van der Waals surface area contributed by atoms with E-state index in [1.54, 1.807) is 26.4 Å². The molecule has 1 N–H and O–H groups in total. The van der Waals surface area contributed by atoms with Gasteiger partial charge in [0.15, 0.2) is 0 Å². The highest BCUT2D eigenvalue weighted by molar-refractivity contribution is 6.34. The first-order valence-corrected chi connectivity index (χ1v) is 9.65. The molecule has 2 aromatic carbocycles. The first-order chi connectivity index (χ1) is 14.0. The first-order valence-electron chi connectivity index (χ1n) is 8.90. The Morgan fingerprint density at radius 3 is 2.10 bits per heavy atom. The van der Waals surface area contributed by atoms with Crippen LogP contribution in [0.25, 0.3) is 0 Å². The van der Waals surface area contributed by atoms with E-state index in [9.17, 15) is 4.79 Å². The summed E-state index contributed by atoms with van der Waals surface area (Å²) in [4.78, 5) is 16.9.